The predicted molar refractivity (Wildman–Crippen MR) is 103 cm³/mol. The SMILES string of the molecule is O=C(COc1ccccc1N1C(=O)[C@H]2[C@H]3CC[C@@H](C3)[C@@H]2C1=O)c1ccc(F)cc1. The molecular weight excluding hydrogens is 373 g/mol. The van der Waals surface area contributed by atoms with E-state index in [-0.39, 0.29) is 36.0 Å². The zero-order chi connectivity index (χ0) is 20.1. The number of hydrogen-bond donors (Lipinski definition) is 0. The lowest BCUT2D eigenvalue weighted by atomic mass is 9.81. The number of amides is 2. The summed E-state index contributed by atoms with van der Waals surface area (Å²) in [6.07, 6.45) is 3.01. The molecule has 2 saturated carbocycles. The molecule has 0 unspecified atom stereocenters. The quantitative estimate of drug-likeness (QED) is 0.575. The van der Waals surface area contributed by atoms with E-state index < -0.39 is 5.82 Å². The lowest BCUT2D eigenvalue weighted by molar-refractivity contribution is -0.123. The molecule has 3 aliphatic rings. The van der Waals surface area contributed by atoms with E-state index in [2.05, 4.69) is 0 Å². The van der Waals surface area contributed by atoms with Crippen LogP contribution in [0.15, 0.2) is 48.5 Å². The predicted octanol–water partition coefficient (Wildman–Crippen LogP) is 3.62. The van der Waals surface area contributed by atoms with Crippen LogP contribution in [0.3, 0.4) is 0 Å². The number of nitrogens with zero attached hydrogens (tertiary/aromatic N) is 1. The van der Waals surface area contributed by atoms with Crippen molar-refractivity contribution in [1.29, 1.82) is 0 Å². The number of ether oxygens (including phenoxy) is 1. The van der Waals surface area contributed by atoms with Crippen LogP contribution in [0.2, 0.25) is 0 Å². The van der Waals surface area contributed by atoms with Gasteiger partial charge >= 0.3 is 0 Å². The molecule has 0 spiro atoms. The molecule has 0 N–H and O–H groups in total. The van der Waals surface area contributed by atoms with E-state index >= 15 is 0 Å². The van der Waals surface area contributed by atoms with Crippen LogP contribution in [-0.4, -0.2) is 24.2 Å². The Kier molecular flexibility index (Phi) is 4.23. The minimum Gasteiger partial charge on any atom is -0.483 e. The Morgan fingerprint density at radius 3 is 2.24 bits per heavy atom. The van der Waals surface area contributed by atoms with Crippen LogP contribution in [0.5, 0.6) is 5.75 Å². The summed E-state index contributed by atoms with van der Waals surface area (Å²) in [4.78, 5) is 39.8. The average Bonchev–Trinajstić information content (AvgIpc) is 3.41. The Labute approximate surface area is 167 Å². The van der Waals surface area contributed by atoms with Gasteiger partial charge in [-0.2, -0.15) is 0 Å². The summed E-state index contributed by atoms with van der Waals surface area (Å²) in [5.41, 5.74) is 0.728. The molecule has 5 nitrogen and oxygen atoms in total. The van der Waals surface area contributed by atoms with Gasteiger partial charge in [0.2, 0.25) is 11.8 Å². The highest BCUT2D eigenvalue weighted by molar-refractivity contribution is 6.23. The van der Waals surface area contributed by atoms with Crippen LogP contribution in [0, 0.1) is 29.5 Å². The highest BCUT2D eigenvalue weighted by atomic mass is 19.1. The van der Waals surface area contributed by atoms with Crippen LogP contribution in [0.4, 0.5) is 10.1 Å². The highest BCUT2D eigenvalue weighted by Gasteiger charge is 2.61. The number of halogens is 1. The van der Waals surface area contributed by atoms with Crippen molar-refractivity contribution in [2.75, 3.05) is 11.5 Å². The van der Waals surface area contributed by atoms with Gasteiger partial charge in [0.1, 0.15) is 11.6 Å². The number of para-hydroxylation sites is 2. The molecule has 5 rings (SSSR count). The lowest BCUT2D eigenvalue weighted by Gasteiger charge is -2.20. The minimum atomic E-state index is -0.418. The monoisotopic (exact) mass is 393 g/mol. The largest absolute Gasteiger partial charge is 0.483 e. The number of carbonyl (C=O) groups is 3. The second-order valence-electron chi connectivity index (χ2n) is 8.08. The smallest absolute Gasteiger partial charge is 0.238 e. The molecule has 2 aromatic carbocycles. The molecule has 2 aliphatic carbocycles. The first-order valence-corrected chi connectivity index (χ1v) is 9.93. The van der Waals surface area contributed by atoms with Gasteiger partial charge in [-0.15, -0.1) is 0 Å². The van der Waals surface area contributed by atoms with E-state index in [0.717, 1.165) is 19.3 Å². The van der Waals surface area contributed by atoms with Crippen molar-refractivity contribution in [3.8, 4) is 5.75 Å². The molecule has 148 valence electrons. The third-order valence-corrected chi connectivity index (χ3v) is 6.56. The van der Waals surface area contributed by atoms with Gasteiger partial charge < -0.3 is 4.74 Å². The summed E-state index contributed by atoms with van der Waals surface area (Å²) in [5, 5.41) is 0. The third kappa shape index (κ3) is 2.85. The summed E-state index contributed by atoms with van der Waals surface area (Å²) < 4.78 is 18.7. The van der Waals surface area contributed by atoms with Gasteiger partial charge in [-0.3, -0.25) is 14.4 Å². The molecule has 2 bridgehead atoms. The van der Waals surface area contributed by atoms with E-state index in [9.17, 15) is 18.8 Å². The standard InChI is InChI=1S/C23H20FNO4/c24-16-9-7-13(8-10-16)18(26)12-29-19-4-2-1-3-17(19)25-22(27)20-14-5-6-15(11-14)21(20)23(25)28/h1-4,7-10,14-15,20-21H,5-6,11-12H2/t14-,15-,20-,21-/m0/s1. The number of imide groups is 1. The highest BCUT2D eigenvalue weighted by Crippen LogP contribution is 2.57. The molecule has 6 heteroatoms. The van der Waals surface area contributed by atoms with Crippen molar-refractivity contribution in [1.82, 2.24) is 0 Å². The Balaban J connectivity index is 1.37. The van der Waals surface area contributed by atoms with Crippen molar-refractivity contribution < 1.29 is 23.5 Å². The maximum absolute atomic E-state index is 13.1. The van der Waals surface area contributed by atoms with E-state index in [0.29, 0.717) is 28.8 Å². The Morgan fingerprint density at radius 1 is 0.966 bits per heavy atom. The Hall–Kier alpha value is -3.02. The number of Topliss-reactive ketones (excluding diaryl/α,β-unsaturated/α-hetero) is 1. The third-order valence-electron chi connectivity index (χ3n) is 6.56. The normalized spacial score (nSPS) is 27.4. The van der Waals surface area contributed by atoms with Crippen LogP contribution in [0.1, 0.15) is 29.6 Å². The van der Waals surface area contributed by atoms with Crippen molar-refractivity contribution in [2.24, 2.45) is 23.7 Å². The fourth-order valence-electron chi connectivity index (χ4n) is 5.27. The number of benzene rings is 2. The first-order chi connectivity index (χ1) is 14.0. The topological polar surface area (TPSA) is 63.7 Å². The molecule has 2 amide bonds. The molecule has 0 radical (unpaired) electrons. The van der Waals surface area contributed by atoms with E-state index in [1.165, 1.54) is 29.2 Å². The number of ketones is 1. The van der Waals surface area contributed by atoms with Crippen LogP contribution >= 0.6 is 0 Å². The molecule has 1 saturated heterocycles. The summed E-state index contributed by atoms with van der Waals surface area (Å²) in [6.45, 7) is -0.267. The summed E-state index contributed by atoms with van der Waals surface area (Å²) in [7, 11) is 0. The number of rotatable bonds is 5. The molecule has 3 fully saturated rings. The Morgan fingerprint density at radius 2 is 1.59 bits per heavy atom. The maximum Gasteiger partial charge on any atom is 0.238 e. The summed E-state index contributed by atoms with van der Waals surface area (Å²) in [6, 6.07) is 12.0. The van der Waals surface area contributed by atoms with Crippen LogP contribution < -0.4 is 9.64 Å². The van der Waals surface area contributed by atoms with Gasteiger partial charge in [0.15, 0.2) is 12.4 Å². The number of anilines is 1. The van der Waals surface area contributed by atoms with Gasteiger partial charge in [0.25, 0.3) is 0 Å². The second kappa shape index (κ2) is 6.79. The van der Waals surface area contributed by atoms with Gasteiger partial charge in [0.05, 0.1) is 17.5 Å². The van der Waals surface area contributed by atoms with Crippen molar-refractivity contribution in [2.45, 2.75) is 19.3 Å². The van der Waals surface area contributed by atoms with E-state index in [1.54, 1.807) is 24.3 Å². The first kappa shape index (κ1) is 18.0. The first-order valence-electron chi connectivity index (χ1n) is 9.93. The molecule has 29 heavy (non-hydrogen) atoms. The molecule has 4 atom stereocenters. The van der Waals surface area contributed by atoms with Crippen molar-refractivity contribution in [3.05, 3.63) is 59.9 Å². The molecular formula is C23H20FNO4. The molecule has 2 aromatic rings. The van der Waals surface area contributed by atoms with Crippen molar-refractivity contribution in [3.63, 3.8) is 0 Å². The van der Waals surface area contributed by atoms with Gasteiger partial charge in [-0.05, 0) is 67.5 Å². The van der Waals surface area contributed by atoms with E-state index in [1.807, 2.05) is 0 Å². The average molecular weight is 393 g/mol. The summed E-state index contributed by atoms with van der Waals surface area (Å²) in [5.74, 6) is -0.519. The van der Waals surface area contributed by atoms with Gasteiger partial charge in [0, 0.05) is 5.56 Å². The Bertz CT molecular complexity index is 974. The molecule has 1 aliphatic heterocycles. The fourth-order valence-corrected chi connectivity index (χ4v) is 5.27. The minimum absolute atomic E-state index is 0.145. The van der Waals surface area contributed by atoms with Crippen LogP contribution in [-0.2, 0) is 9.59 Å². The fraction of sp³-hybridized carbons (Fsp3) is 0.348. The van der Waals surface area contributed by atoms with Crippen molar-refractivity contribution >= 4 is 23.3 Å². The molecule has 0 aromatic heterocycles. The zero-order valence-corrected chi connectivity index (χ0v) is 15.7. The van der Waals surface area contributed by atoms with Crippen LogP contribution in [0.25, 0.3) is 0 Å². The summed E-state index contributed by atoms with van der Waals surface area (Å²) >= 11 is 0. The maximum atomic E-state index is 13.1. The van der Waals surface area contributed by atoms with E-state index in [4.69, 9.17) is 4.74 Å². The number of carbonyl (C=O) groups excluding carboxylic acids is 3. The van der Waals surface area contributed by atoms with Gasteiger partial charge in [-0.1, -0.05) is 12.1 Å². The zero-order valence-electron chi connectivity index (χ0n) is 15.7. The van der Waals surface area contributed by atoms with Gasteiger partial charge in [-0.25, -0.2) is 9.29 Å². The number of fused-ring (bicyclic) bond motifs is 5. The molecule has 1 heterocycles. The second-order valence-corrected chi connectivity index (χ2v) is 8.08. The number of hydrogen-bond acceptors (Lipinski definition) is 4. The lowest BCUT2D eigenvalue weighted by Crippen LogP contribution is -2.33.